The van der Waals surface area contributed by atoms with Gasteiger partial charge in [-0.05, 0) is 23.8 Å². The Bertz CT molecular complexity index is 816. The minimum atomic E-state index is -0.821. The number of hydrogen-bond donors (Lipinski definition) is 3. The largest absolute Gasteiger partial charge is 0.507 e. The topological polar surface area (TPSA) is 115 Å². The zero-order valence-corrected chi connectivity index (χ0v) is 12.3. The van der Waals surface area contributed by atoms with E-state index in [1.807, 2.05) is 0 Å². The van der Waals surface area contributed by atoms with Gasteiger partial charge in [0, 0.05) is 5.56 Å². The van der Waals surface area contributed by atoms with Crippen LogP contribution in [0.15, 0.2) is 41.4 Å². The van der Waals surface area contributed by atoms with Crippen molar-refractivity contribution in [3.63, 3.8) is 0 Å². The Hall–Kier alpha value is -3.53. The molecule has 1 amide bonds. The van der Waals surface area contributed by atoms with E-state index in [0.717, 1.165) is 0 Å². The number of amides is 1. The number of phenolic OH excluding ortho intramolecular Hbond substituents is 1. The standard InChI is InChI=1S/C16H14N4O3/c1-19-11-7-8-12(21)14(15(22)20-16(17)18)13(11)9-3-5-10(23-2)6-4-9/h3-8,21H,2H3,(H4,17,18,20,22). The van der Waals surface area contributed by atoms with Crippen molar-refractivity contribution in [1.29, 1.82) is 0 Å². The first-order valence-electron chi connectivity index (χ1n) is 6.49. The Morgan fingerprint density at radius 3 is 2.39 bits per heavy atom. The van der Waals surface area contributed by atoms with Gasteiger partial charge in [-0.3, -0.25) is 4.79 Å². The van der Waals surface area contributed by atoms with Gasteiger partial charge < -0.3 is 21.3 Å². The monoisotopic (exact) mass is 310 g/mol. The molecule has 2 rings (SSSR count). The van der Waals surface area contributed by atoms with Crippen LogP contribution in [0.5, 0.6) is 11.5 Å². The van der Waals surface area contributed by atoms with Gasteiger partial charge in [-0.2, -0.15) is 4.99 Å². The summed E-state index contributed by atoms with van der Waals surface area (Å²) in [6.07, 6.45) is 0. The van der Waals surface area contributed by atoms with Gasteiger partial charge in [0.15, 0.2) is 11.6 Å². The smallest absolute Gasteiger partial charge is 0.283 e. The van der Waals surface area contributed by atoms with Crippen molar-refractivity contribution in [3.05, 3.63) is 53.4 Å². The van der Waals surface area contributed by atoms with Crippen LogP contribution in [-0.2, 0) is 0 Å². The maximum Gasteiger partial charge on any atom is 0.283 e. The van der Waals surface area contributed by atoms with Gasteiger partial charge in [0.25, 0.3) is 5.91 Å². The van der Waals surface area contributed by atoms with Gasteiger partial charge in [-0.25, -0.2) is 4.85 Å². The van der Waals surface area contributed by atoms with Crippen molar-refractivity contribution in [2.75, 3.05) is 7.11 Å². The predicted molar refractivity (Wildman–Crippen MR) is 86.5 cm³/mol. The summed E-state index contributed by atoms with van der Waals surface area (Å²) < 4.78 is 5.08. The highest BCUT2D eigenvalue weighted by molar-refractivity contribution is 6.10. The highest BCUT2D eigenvalue weighted by Gasteiger charge is 2.21. The van der Waals surface area contributed by atoms with Crippen LogP contribution in [0.25, 0.3) is 16.0 Å². The van der Waals surface area contributed by atoms with Crippen molar-refractivity contribution in [1.82, 2.24) is 0 Å². The molecule has 0 saturated carbocycles. The molecular formula is C16H14N4O3. The van der Waals surface area contributed by atoms with E-state index in [1.54, 1.807) is 24.3 Å². The molecule has 0 saturated heterocycles. The van der Waals surface area contributed by atoms with E-state index >= 15 is 0 Å². The number of ether oxygens (including phenoxy) is 1. The predicted octanol–water partition coefficient (Wildman–Crippen LogP) is 2.03. The first-order valence-corrected chi connectivity index (χ1v) is 6.49. The molecule has 7 nitrogen and oxygen atoms in total. The number of methoxy groups -OCH3 is 1. The van der Waals surface area contributed by atoms with E-state index in [0.29, 0.717) is 11.3 Å². The minimum Gasteiger partial charge on any atom is -0.507 e. The number of nitrogens with two attached hydrogens (primary N) is 2. The Morgan fingerprint density at radius 2 is 1.87 bits per heavy atom. The number of rotatable bonds is 3. The maximum atomic E-state index is 12.2. The Kier molecular flexibility index (Phi) is 4.47. The molecule has 0 radical (unpaired) electrons. The molecule has 0 aromatic heterocycles. The molecule has 23 heavy (non-hydrogen) atoms. The third-order valence-corrected chi connectivity index (χ3v) is 3.11. The Balaban J connectivity index is 2.73. The van der Waals surface area contributed by atoms with Crippen LogP contribution >= 0.6 is 0 Å². The van der Waals surface area contributed by atoms with Crippen molar-refractivity contribution in [2.24, 2.45) is 16.5 Å². The quantitative estimate of drug-likeness (QED) is 0.456. The lowest BCUT2D eigenvalue weighted by molar-refractivity contribution is 0.100. The summed E-state index contributed by atoms with van der Waals surface area (Å²) in [5, 5.41) is 10.1. The number of carbonyl (C=O) groups is 1. The Labute approximate surface area is 132 Å². The molecule has 0 fully saturated rings. The number of phenols is 1. The molecule has 116 valence electrons. The molecular weight excluding hydrogens is 296 g/mol. The van der Waals surface area contributed by atoms with Gasteiger partial charge in [-0.15, -0.1) is 0 Å². The third-order valence-electron chi connectivity index (χ3n) is 3.11. The molecule has 5 N–H and O–H groups in total. The number of aliphatic imine (C=N–C) groups is 1. The summed E-state index contributed by atoms with van der Waals surface area (Å²) in [5.74, 6) is -0.935. The van der Waals surface area contributed by atoms with Gasteiger partial charge >= 0.3 is 0 Å². The molecule has 2 aromatic carbocycles. The SMILES string of the molecule is [C-]#[N+]c1ccc(O)c(C(=O)N=C(N)N)c1-c1ccc(OC)cc1. The van der Waals surface area contributed by atoms with Crippen LogP contribution in [0.3, 0.4) is 0 Å². The van der Waals surface area contributed by atoms with Gasteiger partial charge in [0.05, 0.1) is 19.2 Å². The highest BCUT2D eigenvalue weighted by Crippen LogP contribution is 2.39. The van der Waals surface area contributed by atoms with E-state index in [4.69, 9.17) is 22.8 Å². The van der Waals surface area contributed by atoms with Crippen molar-refractivity contribution in [2.45, 2.75) is 0 Å². The average molecular weight is 310 g/mol. The molecule has 0 aliphatic rings. The molecule has 0 atom stereocenters. The number of guanidine groups is 1. The zero-order valence-electron chi connectivity index (χ0n) is 12.3. The molecule has 0 bridgehead atoms. The van der Waals surface area contributed by atoms with E-state index in [1.165, 1.54) is 19.2 Å². The first kappa shape index (κ1) is 15.9. The summed E-state index contributed by atoms with van der Waals surface area (Å²) in [4.78, 5) is 19.1. The van der Waals surface area contributed by atoms with Crippen LogP contribution in [0, 0.1) is 6.57 Å². The lowest BCUT2D eigenvalue weighted by Crippen LogP contribution is -2.24. The summed E-state index contributed by atoms with van der Waals surface area (Å²) in [5.41, 5.74) is 11.3. The summed E-state index contributed by atoms with van der Waals surface area (Å²) in [6, 6.07) is 9.40. The fraction of sp³-hybridized carbons (Fsp3) is 0.0625. The summed E-state index contributed by atoms with van der Waals surface area (Å²) >= 11 is 0. The van der Waals surface area contributed by atoms with E-state index in [2.05, 4.69) is 9.84 Å². The zero-order chi connectivity index (χ0) is 17.0. The van der Waals surface area contributed by atoms with Crippen LogP contribution in [0.4, 0.5) is 5.69 Å². The highest BCUT2D eigenvalue weighted by atomic mass is 16.5. The van der Waals surface area contributed by atoms with E-state index < -0.39 is 11.9 Å². The molecule has 2 aromatic rings. The van der Waals surface area contributed by atoms with Crippen molar-refractivity contribution >= 4 is 17.6 Å². The van der Waals surface area contributed by atoms with Gasteiger partial charge in [0.1, 0.15) is 11.5 Å². The van der Waals surface area contributed by atoms with Crippen molar-refractivity contribution < 1.29 is 14.6 Å². The number of nitrogens with zero attached hydrogens (tertiary/aromatic N) is 2. The fourth-order valence-corrected chi connectivity index (χ4v) is 2.11. The molecule has 0 aliphatic carbocycles. The molecule has 7 heteroatoms. The van der Waals surface area contributed by atoms with Crippen LogP contribution in [0.1, 0.15) is 10.4 Å². The number of carbonyl (C=O) groups excluding carboxylic acids is 1. The molecule has 0 unspecified atom stereocenters. The van der Waals surface area contributed by atoms with E-state index in [-0.39, 0.29) is 22.6 Å². The number of benzene rings is 2. The van der Waals surface area contributed by atoms with Gasteiger partial charge in [-0.1, -0.05) is 18.2 Å². The second kappa shape index (κ2) is 6.49. The molecule has 0 spiro atoms. The second-order valence-corrected chi connectivity index (χ2v) is 4.54. The first-order chi connectivity index (χ1) is 11.0. The third kappa shape index (κ3) is 3.22. The average Bonchev–Trinajstić information content (AvgIpc) is 2.53. The van der Waals surface area contributed by atoms with Crippen LogP contribution in [0.2, 0.25) is 0 Å². The van der Waals surface area contributed by atoms with Crippen LogP contribution in [-0.4, -0.2) is 24.1 Å². The molecule has 0 heterocycles. The number of aromatic hydroxyl groups is 1. The lowest BCUT2D eigenvalue weighted by atomic mass is 9.96. The Morgan fingerprint density at radius 1 is 1.22 bits per heavy atom. The maximum absolute atomic E-state index is 12.2. The second-order valence-electron chi connectivity index (χ2n) is 4.54. The van der Waals surface area contributed by atoms with Crippen LogP contribution < -0.4 is 16.2 Å². The minimum absolute atomic E-state index is 0.128. The molecule has 0 aliphatic heterocycles. The normalized spacial score (nSPS) is 9.74. The van der Waals surface area contributed by atoms with Crippen molar-refractivity contribution in [3.8, 4) is 22.6 Å². The summed E-state index contributed by atoms with van der Waals surface area (Å²) in [6.45, 7) is 7.28. The summed E-state index contributed by atoms with van der Waals surface area (Å²) in [7, 11) is 1.53. The number of hydrogen-bond acceptors (Lipinski definition) is 3. The van der Waals surface area contributed by atoms with E-state index in [9.17, 15) is 9.90 Å². The fourth-order valence-electron chi connectivity index (χ4n) is 2.11. The van der Waals surface area contributed by atoms with Gasteiger partial charge in [0.2, 0.25) is 0 Å². The lowest BCUT2D eigenvalue weighted by Gasteiger charge is -2.12.